The van der Waals surface area contributed by atoms with E-state index in [0.29, 0.717) is 23.5 Å². The van der Waals surface area contributed by atoms with E-state index < -0.39 is 0 Å². The summed E-state index contributed by atoms with van der Waals surface area (Å²) in [6.07, 6.45) is 4.97. The quantitative estimate of drug-likeness (QED) is 0.599. The maximum absolute atomic E-state index is 11.9. The predicted molar refractivity (Wildman–Crippen MR) is 71.7 cm³/mol. The molecule has 0 heterocycles. The fourth-order valence-electron chi connectivity index (χ4n) is 1.95. The van der Waals surface area contributed by atoms with Crippen LogP contribution in [0.5, 0.6) is 5.75 Å². The molecule has 1 saturated carbocycles. The smallest absolute Gasteiger partial charge is 0.253 e. The highest BCUT2D eigenvalue weighted by Gasteiger charge is 2.20. The Morgan fingerprint density at radius 2 is 2.28 bits per heavy atom. The van der Waals surface area contributed by atoms with Crippen LogP contribution in [0.1, 0.15) is 36.0 Å². The molecule has 0 unspecified atom stereocenters. The van der Waals surface area contributed by atoms with Gasteiger partial charge in [0.05, 0.1) is 12.7 Å². The van der Waals surface area contributed by atoms with Gasteiger partial charge in [-0.25, -0.2) is 0 Å². The zero-order chi connectivity index (χ0) is 13.0. The number of hydrogen-bond donors (Lipinski definition) is 2. The van der Waals surface area contributed by atoms with Gasteiger partial charge < -0.3 is 15.8 Å². The first kappa shape index (κ1) is 12.7. The number of nitrogens with two attached hydrogens (primary N) is 1. The lowest BCUT2D eigenvalue weighted by molar-refractivity contribution is 0.0953. The van der Waals surface area contributed by atoms with Crippen molar-refractivity contribution < 1.29 is 9.53 Å². The molecule has 1 aliphatic carbocycles. The highest BCUT2D eigenvalue weighted by Crippen LogP contribution is 2.33. The second kappa shape index (κ2) is 5.76. The lowest BCUT2D eigenvalue weighted by Gasteiger charge is -2.09. The molecule has 0 atom stereocenters. The molecule has 1 fully saturated rings. The molecule has 3 N–H and O–H groups in total. The summed E-state index contributed by atoms with van der Waals surface area (Å²) in [6, 6.07) is 5.11. The topological polar surface area (TPSA) is 64.3 Å². The Morgan fingerprint density at radius 1 is 1.50 bits per heavy atom. The highest BCUT2D eigenvalue weighted by atomic mass is 16.5. The van der Waals surface area contributed by atoms with E-state index in [-0.39, 0.29) is 5.91 Å². The minimum absolute atomic E-state index is 0.123. The van der Waals surface area contributed by atoms with E-state index >= 15 is 0 Å². The third-order valence-corrected chi connectivity index (χ3v) is 3.28. The number of anilines is 1. The molecule has 1 aromatic carbocycles. The Balaban J connectivity index is 1.86. The molecular formula is C14H20N2O2. The molecule has 0 aliphatic heterocycles. The molecule has 4 heteroatoms. The summed E-state index contributed by atoms with van der Waals surface area (Å²) >= 11 is 0. The molecule has 2 rings (SSSR count). The maximum atomic E-state index is 11.9. The monoisotopic (exact) mass is 248 g/mol. The molecule has 0 spiro atoms. The van der Waals surface area contributed by atoms with Gasteiger partial charge >= 0.3 is 0 Å². The van der Waals surface area contributed by atoms with E-state index in [1.807, 2.05) is 0 Å². The first-order chi connectivity index (χ1) is 8.70. The van der Waals surface area contributed by atoms with E-state index in [0.717, 1.165) is 12.3 Å². The Bertz CT molecular complexity index is 428. The van der Waals surface area contributed by atoms with Crippen molar-refractivity contribution >= 4 is 11.6 Å². The fourth-order valence-corrected chi connectivity index (χ4v) is 1.95. The van der Waals surface area contributed by atoms with Crippen molar-refractivity contribution in [2.24, 2.45) is 5.92 Å². The van der Waals surface area contributed by atoms with Gasteiger partial charge in [0, 0.05) is 12.2 Å². The summed E-state index contributed by atoms with van der Waals surface area (Å²) in [4.78, 5) is 11.9. The van der Waals surface area contributed by atoms with Crippen molar-refractivity contribution in [3.05, 3.63) is 23.8 Å². The van der Waals surface area contributed by atoms with Gasteiger partial charge in [-0.05, 0) is 37.0 Å². The summed E-state index contributed by atoms with van der Waals surface area (Å²) < 4.78 is 5.09. The number of benzene rings is 1. The summed E-state index contributed by atoms with van der Waals surface area (Å²) in [5.41, 5.74) is 6.76. The van der Waals surface area contributed by atoms with Crippen molar-refractivity contribution in [1.29, 1.82) is 0 Å². The van der Waals surface area contributed by atoms with Crippen LogP contribution in [0.25, 0.3) is 0 Å². The lowest BCUT2D eigenvalue weighted by Crippen LogP contribution is -2.25. The van der Waals surface area contributed by atoms with Crippen LogP contribution in [0.15, 0.2) is 18.2 Å². The molecule has 98 valence electrons. The zero-order valence-electron chi connectivity index (χ0n) is 10.7. The lowest BCUT2D eigenvalue weighted by atomic mass is 10.1. The Hall–Kier alpha value is -1.71. The normalized spacial score (nSPS) is 14.3. The van der Waals surface area contributed by atoms with Crippen LogP contribution in [-0.2, 0) is 0 Å². The minimum atomic E-state index is -0.123. The van der Waals surface area contributed by atoms with Crippen LogP contribution in [0, 0.1) is 5.92 Å². The van der Waals surface area contributed by atoms with Crippen molar-refractivity contribution in [2.75, 3.05) is 19.4 Å². The van der Waals surface area contributed by atoms with Crippen LogP contribution in [0.4, 0.5) is 5.69 Å². The molecule has 0 saturated heterocycles. The van der Waals surface area contributed by atoms with Gasteiger partial charge in [-0.3, -0.25) is 4.79 Å². The zero-order valence-corrected chi connectivity index (χ0v) is 10.7. The molecule has 4 nitrogen and oxygen atoms in total. The molecule has 1 amide bonds. The summed E-state index contributed by atoms with van der Waals surface area (Å²) in [5.74, 6) is 1.43. The van der Waals surface area contributed by atoms with Gasteiger partial charge in [-0.15, -0.1) is 0 Å². The Kier molecular flexibility index (Phi) is 4.07. The van der Waals surface area contributed by atoms with E-state index in [9.17, 15) is 4.79 Å². The number of hydrogen-bond acceptors (Lipinski definition) is 3. The molecule has 0 bridgehead atoms. The fraction of sp³-hybridized carbons (Fsp3) is 0.500. The summed E-state index contributed by atoms with van der Waals surface area (Å²) in [6.45, 7) is 0.714. The molecule has 0 aromatic heterocycles. The van der Waals surface area contributed by atoms with Crippen LogP contribution in [0.3, 0.4) is 0 Å². The van der Waals surface area contributed by atoms with Gasteiger partial charge in [-0.2, -0.15) is 0 Å². The van der Waals surface area contributed by atoms with Crippen molar-refractivity contribution in [2.45, 2.75) is 25.7 Å². The number of rotatable bonds is 6. The van der Waals surface area contributed by atoms with E-state index in [1.165, 1.54) is 19.3 Å². The number of ether oxygens (including phenoxy) is 1. The number of amides is 1. The first-order valence-electron chi connectivity index (χ1n) is 6.42. The van der Waals surface area contributed by atoms with Crippen molar-refractivity contribution in [1.82, 2.24) is 5.32 Å². The van der Waals surface area contributed by atoms with E-state index in [4.69, 9.17) is 10.5 Å². The maximum Gasteiger partial charge on any atom is 0.253 e. The van der Waals surface area contributed by atoms with Crippen LogP contribution < -0.4 is 15.8 Å². The van der Waals surface area contributed by atoms with E-state index in [2.05, 4.69) is 5.32 Å². The third-order valence-electron chi connectivity index (χ3n) is 3.28. The van der Waals surface area contributed by atoms with Crippen LogP contribution in [0.2, 0.25) is 0 Å². The van der Waals surface area contributed by atoms with E-state index in [1.54, 1.807) is 25.3 Å². The van der Waals surface area contributed by atoms with Gasteiger partial charge in [-0.1, -0.05) is 12.8 Å². The van der Waals surface area contributed by atoms with Gasteiger partial charge in [0.25, 0.3) is 5.91 Å². The number of nitrogen functional groups attached to an aromatic ring is 1. The van der Waals surface area contributed by atoms with Crippen molar-refractivity contribution in [3.8, 4) is 5.75 Å². The molecule has 1 aliphatic rings. The van der Waals surface area contributed by atoms with Gasteiger partial charge in [0.2, 0.25) is 0 Å². The second-order valence-corrected chi connectivity index (χ2v) is 4.79. The average Bonchev–Trinajstić information content (AvgIpc) is 3.19. The number of methoxy groups -OCH3 is 1. The Labute approximate surface area is 108 Å². The average molecular weight is 248 g/mol. The number of nitrogens with one attached hydrogen (secondary N) is 1. The van der Waals surface area contributed by atoms with Gasteiger partial charge in [0.15, 0.2) is 0 Å². The molecule has 1 aromatic rings. The SMILES string of the molecule is COc1ccc(N)c(C(=O)NCCCC2CC2)c1. The highest BCUT2D eigenvalue weighted by molar-refractivity contribution is 5.99. The first-order valence-corrected chi connectivity index (χ1v) is 6.42. The predicted octanol–water partition coefficient (Wildman–Crippen LogP) is 2.20. The number of carbonyl (C=O) groups is 1. The summed E-state index contributed by atoms with van der Waals surface area (Å²) in [5, 5.41) is 2.90. The second-order valence-electron chi connectivity index (χ2n) is 4.79. The third kappa shape index (κ3) is 3.39. The largest absolute Gasteiger partial charge is 0.497 e. The van der Waals surface area contributed by atoms with Gasteiger partial charge in [0.1, 0.15) is 5.75 Å². The Morgan fingerprint density at radius 3 is 2.94 bits per heavy atom. The molecule has 0 radical (unpaired) electrons. The minimum Gasteiger partial charge on any atom is -0.497 e. The number of carbonyl (C=O) groups excluding carboxylic acids is 1. The molecular weight excluding hydrogens is 228 g/mol. The van der Waals surface area contributed by atoms with Crippen LogP contribution in [-0.4, -0.2) is 19.6 Å². The summed E-state index contributed by atoms with van der Waals surface area (Å²) in [7, 11) is 1.57. The van der Waals surface area contributed by atoms with Crippen molar-refractivity contribution in [3.63, 3.8) is 0 Å². The molecule has 18 heavy (non-hydrogen) atoms. The standard InChI is InChI=1S/C14H20N2O2/c1-18-11-6-7-13(15)12(9-11)14(17)16-8-2-3-10-4-5-10/h6-7,9-10H,2-5,8,15H2,1H3,(H,16,17). The van der Waals surface area contributed by atoms with Crippen LogP contribution >= 0.6 is 0 Å².